The fraction of sp³-hybridized carbons (Fsp3) is 0.667. The van der Waals surface area contributed by atoms with Gasteiger partial charge in [0.15, 0.2) is 0 Å². The highest BCUT2D eigenvalue weighted by molar-refractivity contribution is 7.07. The van der Waals surface area contributed by atoms with E-state index in [4.69, 9.17) is 0 Å². The van der Waals surface area contributed by atoms with E-state index in [0.717, 1.165) is 19.0 Å². The largest absolute Gasteiger partial charge is 0.316 e. The van der Waals surface area contributed by atoms with E-state index in [9.17, 15) is 0 Å². The van der Waals surface area contributed by atoms with Gasteiger partial charge >= 0.3 is 0 Å². The van der Waals surface area contributed by atoms with Gasteiger partial charge in [-0.25, -0.2) is 0 Å². The Morgan fingerprint density at radius 1 is 1.53 bits per heavy atom. The topological polar surface area (TPSA) is 24.1 Å². The van der Waals surface area contributed by atoms with Gasteiger partial charge in [0.2, 0.25) is 0 Å². The van der Waals surface area contributed by atoms with Gasteiger partial charge in [0.25, 0.3) is 0 Å². The van der Waals surface area contributed by atoms with Crippen LogP contribution in [0.3, 0.4) is 0 Å². The lowest BCUT2D eigenvalue weighted by Crippen LogP contribution is -2.31. The van der Waals surface area contributed by atoms with Gasteiger partial charge < -0.3 is 10.6 Å². The Morgan fingerprint density at radius 2 is 2.53 bits per heavy atom. The van der Waals surface area contributed by atoms with Gasteiger partial charge in [-0.15, -0.1) is 0 Å². The molecule has 0 aliphatic carbocycles. The first-order chi connectivity index (χ1) is 7.45. The van der Waals surface area contributed by atoms with Gasteiger partial charge in [0.1, 0.15) is 0 Å². The van der Waals surface area contributed by atoms with Crippen LogP contribution in [0.4, 0.5) is 0 Å². The molecule has 0 radical (unpaired) electrons. The number of thiophene rings is 1. The zero-order valence-corrected chi connectivity index (χ0v) is 9.98. The van der Waals surface area contributed by atoms with E-state index >= 15 is 0 Å². The Hall–Kier alpha value is -0.380. The van der Waals surface area contributed by atoms with E-state index in [0.29, 0.717) is 0 Å². The number of piperidine rings is 1. The SMILES string of the molecule is c1cc(CNCCC2CCCNC2)cs1. The third-order valence-corrected chi connectivity index (χ3v) is 3.77. The highest BCUT2D eigenvalue weighted by Gasteiger charge is 2.11. The molecule has 1 atom stereocenters. The summed E-state index contributed by atoms with van der Waals surface area (Å²) in [7, 11) is 0. The Kier molecular flexibility index (Phi) is 4.64. The van der Waals surface area contributed by atoms with Crippen LogP contribution in [0.25, 0.3) is 0 Å². The third-order valence-electron chi connectivity index (χ3n) is 3.04. The van der Waals surface area contributed by atoms with Crippen molar-refractivity contribution in [2.45, 2.75) is 25.8 Å². The highest BCUT2D eigenvalue weighted by atomic mass is 32.1. The molecule has 15 heavy (non-hydrogen) atoms. The Balaban J connectivity index is 1.54. The van der Waals surface area contributed by atoms with E-state index in [1.54, 1.807) is 11.3 Å². The van der Waals surface area contributed by atoms with Crippen molar-refractivity contribution in [3.8, 4) is 0 Å². The van der Waals surface area contributed by atoms with Gasteiger partial charge in [-0.1, -0.05) is 0 Å². The van der Waals surface area contributed by atoms with Crippen LogP contribution in [0.1, 0.15) is 24.8 Å². The van der Waals surface area contributed by atoms with E-state index in [2.05, 4.69) is 27.5 Å². The average molecular weight is 224 g/mol. The molecule has 1 saturated heterocycles. The Morgan fingerprint density at radius 3 is 3.27 bits per heavy atom. The number of hydrogen-bond donors (Lipinski definition) is 2. The van der Waals surface area contributed by atoms with Crippen LogP contribution in [-0.2, 0) is 6.54 Å². The fourth-order valence-electron chi connectivity index (χ4n) is 2.10. The summed E-state index contributed by atoms with van der Waals surface area (Å²) in [6, 6.07) is 2.19. The molecule has 2 heterocycles. The molecule has 2 N–H and O–H groups in total. The molecule has 0 saturated carbocycles. The standard InChI is InChI=1S/C12H20N2S/c1-2-11(8-13-5-1)3-6-14-9-12-4-7-15-10-12/h4,7,10-11,13-14H,1-3,5-6,8-9H2. The molecule has 0 amide bonds. The quantitative estimate of drug-likeness (QED) is 0.750. The highest BCUT2D eigenvalue weighted by Crippen LogP contribution is 2.13. The van der Waals surface area contributed by atoms with Gasteiger partial charge in [-0.2, -0.15) is 11.3 Å². The number of rotatable bonds is 5. The summed E-state index contributed by atoms with van der Waals surface area (Å²) in [5.74, 6) is 0.897. The molecule has 84 valence electrons. The van der Waals surface area contributed by atoms with Crippen LogP contribution < -0.4 is 10.6 Å². The first kappa shape index (κ1) is 11.1. The predicted molar refractivity (Wildman–Crippen MR) is 66.2 cm³/mol. The van der Waals surface area contributed by atoms with Crippen molar-refractivity contribution in [3.63, 3.8) is 0 Å². The van der Waals surface area contributed by atoms with Crippen molar-refractivity contribution >= 4 is 11.3 Å². The van der Waals surface area contributed by atoms with Crippen LogP contribution in [-0.4, -0.2) is 19.6 Å². The molecular weight excluding hydrogens is 204 g/mol. The minimum atomic E-state index is 0.897. The van der Waals surface area contributed by atoms with E-state index in [1.165, 1.54) is 37.9 Å². The van der Waals surface area contributed by atoms with Crippen LogP contribution in [0, 0.1) is 5.92 Å². The maximum atomic E-state index is 3.51. The zero-order valence-electron chi connectivity index (χ0n) is 9.17. The molecule has 1 aliphatic rings. The van der Waals surface area contributed by atoms with Gasteiger partial charge in [-0.05, 0) is 67.2 Å². The fourth-order valence-corrected chi connectivity index (χ4v) is 2.77. The second-order valence-corrected chi connectivity index (χ2v) is 5.09. The summed E-state index contributed by atoms with van der Waals surface area (Å²) in [5, 5.41) is 11.3. The third kappa shape index (κ3) is 3.93. The Labute approximate surface area is 96.1 Å². The Bertz CT molecular complexity index is 253. The van der Waals surface area contributed by atoms with Crippen molar-refractivity contribution in [3.05, 3.63) is 22.4 Å². The maximum Gasteiger partial charge on any atom is 0.0213 e. The first-order valence-electron chi connectivity index (χ1n) is 5.87. The summed E-state index contributed by atoms with van der Waals surface area (Å²) in [6.07, 6.45) is 4.08. The van der Waals surface area contributed by atoms with Gasteiger partial charge in [-0.3, -0.25) is 0 Å². The minimum absolute atomic E-state index is 0.897. The average Bonchev–Trinajstić information content (AvgIpc) is 2.79. The molecule has 1 aromatic rings. The molecule has 2 rings (SSSR count). The summed E-state index contributed by atoms with van der Waals surface area (Å²) in [5.41, 5.74) is 1.42. The molecule has 1 aromatic heterocycles. The molecule has 1 fully saturated rings. The van der Waals surface area contributed by atoms with Crippen molar-refractivity contribution < 1.29 is 0 Å². The van der Waals surface area contributed by atoms with E-state index < -0.39 is 0 Å². The van der Waals surface area contributed by atoms with Crippen LogP contribution >= 0.6 is 11.3 Å². The summed E-state index contributed by atoms with van der Waals surface area (Å²) >= 11 is 1.78. The molecular formula is C12H20N2S. The van der Waals surface area contributed by atoms with Gasteiger partial charge in [0, 0.05) is 6.54 Å². The van der Waals surface area contributed by atoms with Crippen LogP contribution in [0.15, 0.2) is 16.8 Å². The molecule has 0 aromatic carbocycles. The number of hydrogen-bond acceptors (Lipinski definition) is 3. The second-order valence-electron chi connectivity index (χ2n) is 4.31. The number of nitrogens with one attached hydrogen (secondary N) is 2. The normalized spacial score (nSPS) is 21.7. The van der Waals surface area contributed by atoms with Crippen LogP contribution in [0.5, 0.6) is 0 Å². The second kappa shape index (κ2) is 6.26. The van der Waals surface area contributed by atoms with Crippen LogP contribution in [0.2, 0.25) is 0 Å². The smallest absolute Gasteiger partial charge is 0.0213 e. The first-order valence-corrected chi connectivity index (χ1v) is 6.82. The minimum Gasteiger partial charge on any atom is -0.316 e. The lowest BCUT2D eigenvalue weighted by atomic mass is 9.96. The predicted octanol–water partition coefficient (Wildman–Crippen LogP) is 2.23. The van der Waals surface area contributed by atoms with E-state index in [1.807, 2.05) is 0 Å². The lowest BCUT2D eigenvalue weighted by Gasteiger charge is -2.22. The zero-order chi connectivity index (χ0) is 10.3. The molecule has 3 heteroatoms. The maximum absolute atomic E-state index is 3.51. The van der Waals surface area contributed by atoms with Crippen molar-refractivity contribution in [2.24, 2.45) is 5.92 Å². The summed E-state index contributed by atoms with van der Waals surface area (Å²) in [4.78, 5) is 0. The molecule has 0 spiro atoms. The van der Waals surface area contributed by atoms with Gasteiger partial charge in [0.05, 0.1) is 0 Å². The summed E-state index contributed by atoms with van der Waals surface area (Å²) < 4.78 is 0. The molecule has 1 aliphatic heterocycles. The van der Waals surface area contributed by atoms with E-state index in [-0.39, 0.29) is 0 Å². The van der Waals surface area contributed by atoms with Crippen molar-refractivity contribution in [2.75, 3.05) is 19.6 Å². The summed E-state index contributed by atoms with van der Waals surface area (Å²) in [6.45, 7) is 4.63. The van der Waals surface area contributed by atoms with Crippen molar-refractivity contribution in [1.29, 1.82) is 0 Å². The molecule has 2 nitrogen and oxygen atoms in total. The lowest BCUT2D eigenvalue weighted by molar-refractivity contribution is 0.352. The van der Waals surface area contributed by atoms with Crippen molar-refractivity contribution in [1.82, 2.24) is 10.6 Å². The monoisotopic (exact) mass is 224 g/mol. The molecule has 0 bridgehead atoms. The molecule has 1 unspecified atom stereocenters.